The summed E-state index contributed by atoms with van der Waals surface area (Å²) in [7, 11) is 0. The molecule has 0 fully saturated rings. The van der Waals surface area contributed by atoms with E-state index >= 15 is 0 Å². The van der Waals surface area contributed by atoms with Crippen LogP contribution in [0.1, 0.15) is 32.4 Å². The Morgan fingerprint density at radius 1 is 1.47 bits per heavy atom. The van der Waals surface area contributed by atoms with Crippen molar-refractivity contribution in [1.82, 2.24) is 10.3 Å². The highest BCUT2D eigenvalue weighted by molar-refractivity contribution is 5.03. The Hall–Kier alpha value is -0.930. The second-order valence-electron chi connectivity index (χ2n) is 4.14. The summed E-state index contributed by atoms with van der Waals surface area (Å²) in [6.07, 6.45) is 3.82. The van der Waals surface area contributed by atoms with Crippen molar-refractivity contribution in [2.45, 2.75) is 38.8 Å². The van der Waals surface area contributed by atoms with E-state index in [4.69, 9.17) is 0 Å². The highest BCUT2D eigenvalue weighted by atomic mass is 16.3. The molecule has 0 aromatic carbocycles. The Labute approximate surface area is 91.5 Å². The molecular weight excluding hydrogens is 188 g/mol. The van der Waals surface area contributed by atoms with E-state index < -0.39 is 0 Å². The smallest absolute Gasteiger partial charge is 0.0610 e. The van der Waals surface area contributed by atoms with E-state index in [0.717, 1.165) is 18.5 Å². The Kier molecular flexibility index (Phi) is 4.72. The fourth-order valence-corrected chi connectivity index (χ4v) is 1.58. The molecule has 0 saturated carbocycles. The molecule has 1 aromatic rings. The Morgan fingerprint density at radius 2 is 2.27 bits per heavy atom. The topological polar surface area (TPSA) is 45.1 Å². The molecule has 0 bridgehead atoms. The first kappa shape index (κ1) is 12.1. The van der Waals surface area contributed by atoms with Gasteiger partial charge in [0.25, 0.3) is 0 Å². The van der Waals surface area contributed by atoms with Gasteiger partial charge in [-0.3, -0.25) is 4.98 Å². The first-order chi connectivity index (χ1) is 7.20. The van der Waals surface area contributed by atoms with Crippen LogP contribution in [0.2, 0.25) is 0 Å². The molecule has 1 unspecified atom stereocenters. The predicted molar refractivity (Wildman–Crippen MR) is 61.5 cm³/mol. The zero-order valence-electron chi connectivity index (χ0n) is 9.53. The van der Waals surface area contributed by atoms with Gasteiger partial charge in [0.15, 0.2) is 0 Å². The zero-order valence-corrected chi connectivity index (χ0v) is 9.53. The van der Waals surface area contributed by atoms with Gasteiger partial charge in [-0.05, 0) is 25.5 Å². The normalized spacial score (nSPS) is 14.9. The van der Waals surface area contributed by atoms with E-state index in [2.05, 4.69) is 17.2 Å². The molecular formula is C12H20N2O. The fraction of sp³-hybridized carbons (Fsp3) is 0.583. The predicted octanol–water partition coefficient (Wildman–Crippen LogP) is 1.72. The van der Waals surface area contributed by atoms with Crippen LogP contribution in [0.15, 0.2) is 24.4 Å². The molecule has 3 nitrogen and oxygen atoms in total. The largest absolute Gasteiger partial charge is 0.394 e. The van der Waals surface area contributed by atoms with E-state index in [1.807, 2.05) is 25.1 Å². The lowest BCUT2D eigenvalue weighted by Gasteiger charge is -2.28. The average Bonchev–Trinajstić information content (AvgIpc) is 2.28. The SMILES string of the molecule is CCCC(C)(CO)NCc1ccccn1. The Balaban J connectivity index is 2.47. The van der Waals surface area contributed by atoms with Crippen LogP contribution in [-0.2, 0) is 6.54 Å². The number of aromatic nitrogens is 1. The molecule has 1 heterocycles. The van der Waals surface area contributed by atoms with Crippen LogP contribution in [0.25, 0.3) is 0 Å². The van der Waals surface area contributed by atoms with Crippen molar-refractivity contribution in [2.75, 3.05) is 6.61 Å². The molecule has 1 rings (SSSR count). The van der Waals surface area contributed by atoms with E-state index in [1.54, 1.807) is 6.20 Å². The third-order valence-corrected chi connectivity index (χ3v) is 2.57. The van der Waals surface area contributed by atoms with Crippen LogP contribution in [-0.4, -0.2) is 22.2 Å². The monoisotopic (exact) mass is 208 g/mol. The number of rotatable bonds is 6. The summed E-state index contributed by atoms with van der Waals surface area (Å²) in [5, 5.41) is 12.7. The molecule has 1 atom stereocenters. The molecule has 0 amide bonds. The number of pyridine rings is 1. The lowest BCUT2D eigenvalue weighted by Crippen LogP contribution is -2.45. The summed E-state index contributed by atoms with van der Waals surface area (Å²) in [6.45, 7) is 5.03. The molecule has 0 radical (unpaired) electrons. The summed E-state index contributed by atoms with van der Waals surface area (Å²) < 4.78 is 0. The van der Waals surface area contributed by atoms with Crippen LogP contribution in [0.5, 0.6) is 0 Å². The molecule has 0 spiro atoms. The van der Waals surface area contributed by atoms with Gasteiger partial charge in [0.05, 0.1) is 12.3 Å². The molecule has 3 heteroatoms. The first-order valence-electron chi connectivity index (χ1n) is 5.46. The number of aliphatic hydroxyl groups is 1. The maximum absolute atomic E-state index is 9.31. The van der Waals surface area contributed by atoms with Crippen LogP contribution in [0.4, 0.5) is 0 Å². The van der Waals surface area contributed by atoms with Gasteiger partial charge in [-0.15, -0.1) is 0 Å². The third-order valence-electron chi connectivity index (χ3n) is 2.57. The summed E-state index contributed by atoms with van der Waals surface area (Å²) in [4.78, 5) is 4.23. The number of hydrogen-bond acceptors (Lipinski definition) is 3. The summed E-state index contributed by atoms with van der Waals surface area (Å²) in [5.41, 5.74) is 0.819. The van der Waals surface area contributed by atoms with Gasteiger partial charge in [0.2, 0.25) is 0 Å². The lowest BCUT2D eigenvalue weighted by molar-refractivity contribution is 0.163. The van der Waals surface area contributed by atoms with Gasteiger partial charge in [-0.2, -0.15) is 0 Å². The molecule has 84 valence electrons. The van der Waals surface area contributed by atoms with Crippen LogP contribution < -0.4 is 5.32 Å². The molecule has 2 N–H and O–H groups in total. The number of aliphatic hydroxyl groups excluding tert-OH is 1. The molecule has 0 aliphatic heterocycles. The summed E-state index contributed by atoms with van der Waals surface area (Å²) in [6, 6.07) is 5.86. The molecule has 0 aliphatic carbocycles. The maximum atomic E-state index is 9.31. The third kappa shape index (κ3) is 3.98. The van der Waals surface area contributed by atoms with E-state index in [0.29, 0.717) is 6.54 Å². The fourth-order valence-electron chi connectivity index (χ4n) is 1.58. The van der Waals surface area contributed by atoms with Gasteiger partial charge in [0, 0.05) is 18.3 Å². The number of nitrogens with zero attached hydrogens (tertiary/aromatic N) is 1. The maximum Gasteiger partial charge on any atom is 0.0610 e. The van der Waals surface area contributed by atoms with Crippen molar-refractivity contribution in [2.24, 2.45) is 0 Å². The van der Waals surface area contributed by atoms with Crippen molar-refractivity contribution >= 4 is 0 Å². The second kappa shape index (κ2) is 5.83. The number of nitrogens with one attached hydrogen (secondary N) is 1. The van der Waals surface area contributed by atoms with Gasteiger partial charge < -0.3 is 10.4 Å². The second-order valence-corrected chi connectivity index (χ2v) is 4.14. The minimum Gasteiger partial charge on any atom is -0.394 e. The van der Waals surface area contributed by atoms with Crippen molar-refractivity contribution in [1.29, 1.82) is 0 Å². The van der Waals surface area contributed by atoms with Crippen LogP contribution in [0, 0.1) is 0 Å². The molecule has 0 aliphatic rings. The quantitative estimate of drug-likeness (QED) is 0.748. The van der Waals surface area contributed by atoms with E-state index in [9.17, 15) is 5.11 Å². The zero-order chi connectivity index (χ0) is 11.1. The Morgan fingerprint density at radius 3 is 2.80 bits per heavy atom. The van der Waals surface area contributed by atoms with Gasteiger partial charge in [-0.25, -0.2) is 0 Å². The average molecular weight is 208 g/mol. The highest BCUT2D eigenvalue weighted by Crippen LogP contribution is 2.11. The summed E-state index contributed by atoms with van der Waals surface area (Å²) >= 11 is 0. The van der Waals surface area contributed by atoms with Crippen molar-refractivity contribution in [3.63, 3.8) is 0 Å². The Bertz CT molecular complexity index is 276. The van der Waals surface area contributed by atoms with Crippen LogP contribution >= 0.6 is 0 Å². The van der Waals surface area contributed by atoms with Crippen LogP contribution in [0.3, 0.4) is 0 Å². The lowest BCUT2D eigenvalue weighted by atomic mass is 9.97. The van der Waals surface area contributed by atoms with Gasteiger partial charge in [-0.1, -0.05) is 19.4 Å². The first-order valence-corrected chi connectivity index (χ1v) is 5.46. The van der Waals surface area contributed by atoms with Crippen molar-refractivity contribution in [3.05, 3.63) is 30.1 Å². The summed E-state index contributed by atoms with van der Waals surface area (Å²) in [5.74, 6) is 0. The van der Waals surface area contributed by atoms with Crippen molar-refractivity contribution < 1.29 is 5.11 Å². The molecule has 0 saturated heterocycles. The number of hydrogen-bond donors (Lipinski definition) is 2. The minimum absolute atomic E-state index is 0.160. The molecule has 15 heavy (non-hydrogen) atoms. The van der Waals surface area contributed by atoms with Gasteiger partial charge in [0.1, 0.15) is 0 Å². The highest BCUT2D eigenvalue weighted by Gasteiger charge is 2.20. The van der Waals surface area contributed by atoms with Gasteiger partial charge >= 0.3 is 0 Å². The minimum atomic E-state index is -0.188. The molecule has 1 aromatic heterocycles. The van der Waals surface area contributed by atoms with E-state index in [-0.39, 0.29) is 12.1 Å². The van der Waals surface area contributed by atoms with Crippen molar-refractivity contribution in [3.8, 4) is 0 Å². The standard InChI is InChI=1S/C12H20N2O/c1-3-7-12(2,10-15)14-9-11-6-4-5-8-13-11/h4-6,8,14-15H,3,7,9-10H2,1-2H3. The van der Waals surface area contributed by atoms with E-state index in [1.165, 1.54) is 0 Å².